The van der Waals surface area contributed by atoms with Crippen LogP contribution in [0.15, 0.2) is 0 Å². The third-order valence-electron chi connectivity index (χ3n) is 3.00. The summed E-state index contributed by atoms with van der Waals surface area (Å²) in [6.07, 6.45) is 1.88. The van der Waals surface area contributed by atoms with E-state index in [-0.39, 0.29) is 0 Å². The van der Waals surface area contributed by atoms with E-state index in [0.29, 0.717) is 11.7 Å². The number of rotatable bonds is 2. The number of nitrogens with zero attached hydrogens (tertiary/aromatic N) is 2. The molecule has 1 aliphatic rings. The Morgan fingerprint density at radius 2 is 2.12 bits per heavy atom. The van der Waals surface area contributed by atoms with Crippen molar-refractivity contribution in [3.8, 4) is 0 Å². The van der Waals surface area contributed by atoms with Crippen LogP contribution in [0.5, 0.6) is 0 Å². The van der Waals surface area contributed by atoms with Crippen molar-refractivity contribution in [1.82, 2.24) is 9.78 Å². The second-order valence-electron chi connectivity index (χ2n) is 4.24. The number of aryl methyl sites for hydroxylation is 2. The Kier molecular flexibility index (Phi) is 3.18. The van der Waals surface area contributed by atoms with E-state index >= 15 is 0 Å². The van der Waals surface area contributed by atoms with Crippen molar-refractivity contribution in [2.45, 2.75) is 25.8 Å². The predicted octanol–water partition coefficient (Wildman–Crippen LogP) is 0.634. The van der Waals surface area contributed by atoms with Crippen LogP contribution in [-0.2, 0) is 17.8 Å². The lowest BCUT2D eigenvalue weighted by Crippen LogP contribution is -2.30. The quantitative estimate of drug-likeness (QED) is 0.798. The maximum atomic E-state index is 11.2. The molecule has 0 amide bonds. The SMILES string of the molecule is Cc1nn(C)c(NC2CCS(=O)CC2)c1N. The number of nitrogens with one attached hydrogen (secondary N) is 1. The molecular weight excluding hydrogens is 224 g/mol. The highest BCUT2D eigenvalue weighted by Gasteiger charge is 2.20. The molecule has 5 nitrogen and oxygen atoms in total. The van der Waals surface area contributed by atoms with Crippen LogP contribution < -0.4 is 11.1 Å². The van der Waals surface area contributed by atoms with Crippen molar-refractivity contribution in [3.63, 3.8) is 0 Å². The van der Waals surface area contributed by atoms with Crippen LogP contribution in [0.25, 0.3) is 0 Å². The first-order chi connectivity index (χ1) is 7.58. The van der Waals surface area contributed by atoms with Crippen LogP contribution >= 0.6 is 0 Å². The third-order valence-corrected chi connectivity index (χ3v) is 4.38. The zero-order chi connectivity index (χ0) is 11.7. The second kappa shape index (κ2) is 4.45. The number of anilines is 2. The monoisotopic (exact) mass is 242 g/mol. The van der Waals surface area contributed by atoms with Gasteiger partial charge in [-0.2, -0.15) is 5.10 Å². The standard InChI is InChI=1S/C10H18N4OS/c1-7-9(11)10(14(2)13-7)12-8-3-5-16(15)6-4-8/h8,12H,3-6,11H2,1-2H3. The molecule has 0 radical (unpaired) electrons. The number of nitrogens with two attached hydrogens (primary N) is 1. The van der Waals surface area contributed by atoms with Gasteiger partial charge in [-0.05, 0) is 19.8 Å². The Hall–Kier alpha value is -1.04. The highest BCUT2D eigenvalue weighted by atomic mass is 32.2. The Morgan fingerprint density at radius 3 is 2.62 bits per heavy atom. The lowest BCUT2D eigenvalue weighted by atomic mass is 10.1. The molecule has 0 aromatic carbocycles. The molecule has 2 rings (SSSR count). The number of nitrogen functional groups attached to an aromatic ring is 1. The molecule has 1 saturated heterocycles. The van der Waals surface area contributed by atoms with E-state index in [0.717, 1.165) is 35.9 Å². The third kappa shape index (κ3) is 2.21. The molecule has 1 aliphatic heterocycles. The summed E-state index contributed by atoms with van der Waals surface area (Å²) in [7, 11) is 1.26. The van der Waals surface area contributed by atoms with E-state index in [9.17, 15) is 4.21 Å². The fourth-order valence-electron chi connectivity index (χ4n) is 1.98. The smallest absolute Gasteiger partial charge is 0.147 e. The summed E-state index contributed by atoms with van der Waals surface area (Å²) in [5.74, 6) is 2.46. The van der Waals surface area contributed by atoms with E-state index < -0.39 is 10.8 Å². The fourth-order valence-corrected chi connectivity index (χ4v) is 3.28. The van der Waals surface area contributed by atoms with Crippen molar-refractivity contribution in [1.29, 1.82) is 0 Å². The minimum atomic E-state index is -0.618. The van der Waals surface area contributed by atoms with Crippen molar-refractivity contribution in [3.05, 3.63) is 5.69 Å². The topological polar surface area (TPSA) is 72.9 Å². The van der Waals surface area contributed by atoms with E-state index in [2.05, 4.69) is 10.4 Å². The van der Waals surface area contributed by atoms with Crippen molar-refractivity contribution in [2.75, 3.05) is 22.6 Å². The number of hydrogen-bond acceptors (Lipinski definition) is 4. The molecule has 0 atom stereocenters. The zero-order valence-electron chi connectivity index (χ0n) is 9.69. The highest BCUT2D eigenvalue weighted by Crippen LogP contribution is 2.24. The van der Waals surface area contributed by atoms with E-state index in [4.69, 9.17) is 5.73 Å². The second-order valence-corrected chi connectivity index (χ2v) is 5.93. The maximum Gasteiger partial charge on any atom is 0.147 e. The van der Waals surface area contributed by atoms with Gasteiger partial charge in [-0.3, -0.25) is 8.89 Å². The first kappa shape index (κ1) is 11.4. The van der Waals surface area contributed by atoms with Crippen molar-refractivity contribution < 1.29 is 4.21 Å². The molecule has 0 aliphatic carbocycles. The van der Waals surface area contributed by atoms with Crippen LogP contribution in [0.1, 0.15) is 18.5 Å². The average molecular weight is 242 g/mol. The Balaban J connectivity index is 2.06. The molecule has 3 N–H and O–H groups in total. The van der Waals surface area contributed by atoms with Gasteiger partial charge in [0.25, 0.3) is 0 Å². The van der Waals surface area contributed by atoms with Crippen molar-refractivity contribution in [2.24, 2.45) is 7.05 Å². The summed E-state index contributed by atoms with van der Waals surface area (Å²) in [6, 6.07) is 0.370. The number of aromatic nitrogens is 2. The van der Waals surface area contributed by atoms with Crippen LogP contribution in [0.4, 0.5) is 11.5 Å². The molecule has 0 saturated carbocycles. The van der Waals surface area contributed by atoms with Gasteiger partial charge in [0.2, 0.25) is 0 Å². The fraction of sp³-hybridized carbons (Fsp3) is 0.700. The van der Waals surface area contributed by atoms with Gasteiger partial charge in [0.05, 0.1) is 11.4 Å². The summed E-state index contributed by atoms with van der Waals surface area (Å²) in [5.41, 5.74) is 7.51. The van der Waals surface area contributed by atoms with Gasteiger partial charge in [0, 0.05) is 35.4 Å². The normalized spacial score (nSPS) is 25.6. The zero-order valence-corrected chi connectivity index (χ0v) is 10.5. The first-order valence-corrected chi connectivity index (χ1v) is 6.97. The molecule has 1 fully saturated rings. The van der Waals surface area contributed by atoms with Gasteiger partial charge in [-0.15, -0.1) is 0 Å². The molecule has 0 bridgehead atoms. The highest BCUT2D eigenvalue weighted by molar-refractivity contribution is 7.85. The molecule has 1 aromatic heterocycles. The van der Waals surface area contributed by atoms with Gasteiger partial charge in [-0.1, -0.05) is 0 Å². The summed E-state index contributed by atoms with van der Waals surface area (Å²) in [4.78, 5) is 0. The minimum Gasteiger partial charge on any atom is -0.394 e. The predicted molar refractivity (Wildman–Crippen MR) is 66.9 cm³/mol. The Morgan fingerprint density at radius 1 is 1.50 bits per heavy atom. The Labute approximate surface area is 97.9 Å². The molecule has 90 valence electrons. The summed E-state index contributed by atoms with van der Waals surface area (Å²) in [6.45, 7) is 1.90. The largest absolute Gasteiger partial charge is 0.394 e. The molecule has 1 aromatic rings. The molecule has 0 spiro atoms. The number of hydrogen-bond donors (Lipinski definition) is 2. The van der Waals surface area contributed by atoms with Gasteiger partial charge >= 0.3 is 0 Å². The van der Waals surface area contributed by atoms with Crippen LogP contribution in [-0.4, -0.2) is 31.5 Å². The van der Waals surface area contributed by atoms with E-state index in [1.165, 1.54) is 0 Å². The van der Waals surface area contributed by atoms with Crippen LogP contribution in [0.3, 0.4) is 0 Å². The molecule has 16 heavy (non-hydrogen) atoms. The first-order valence-electron chi connectivity index (χ1n) is 5.48. The van der Waals surface area contributed by atoms with Crippen molar-refractivity contribution >= 4 is 22.3 Å². The van der Waals surface area contributed by atoms with E-state index in [1.807, 2.05) is 14.0 Å². The molecule has 0 unspecified atom stereocenters. The molecule has 2 heterocycles. The van der Waals surface area contributed by atoms with Gasteiger partial charge in [0.15, 0.2) is 0 Å². The maximum absolute atomic E-state index is 11.2. The molecule has 6 heteroatoms. The Bertz CT molecular complexity index is 405. The van der Waals surface area contributed by atoms with Crippen LogP contribution in [0.2, 0.25) is 0 Å². The van der Waals surface area contributed by atoms with Gasteiger partial charge < -0.3 is 11.1 Å². The molecular formula is C10H18N4OS. The summed E-state index contributed by atoms with van der Waals surface area (Å²) < 4.78 is 13.0. The summed E-state index contributed by atoms with van der Waals surface area (Å²) >= 11 is 0. The van der Waals surface area contributed by atoms with E-state index in [1.54, 1.807) is 4.68 Å². The summed E-state index contributed by atoms with van der Waals surface area (Å²) in [5, 5.41) is 7.66. The lowest BCUT2D eigenvalue weighted by molar-refractivity contribution is 0.616. The van der Waals surface area contributed by atoms with Gasteiger partial charge in [0.1, 0.15) is 5.82 Å². The lowest BCUT2D eigenvalue weighted by Gasteiger charge is -2.23. The van der Waals surface area contributed by atoms with Crippen LogP contribution in [0, 0.1) is 6.92 Å². The van der Waals surface area contributed by atoms with Gasteiger partial charge in [-0.25, -0.2) is 0 Å². The average Bonchev–Trinajstić information content (AvgIpc) is 2.48. The minimum absolute atomic E-state index is 0.370.